The van der Waals surface area contributed by atoms with Gasteiger partial charge in [-0.3, -0.25) is 34.9 Å². The van der Waals surface area contributed by atoms with Crippen LogP contribution in [0.15, 0.2) is 55.0 Å². The first-order valence-electron chi connectivity index (χ1n) is 27.2. The summed E-state index contributed by atoms with van der Waals surface area (Å²) in [6.45, 7) is 58.2. The Kier molecular flexibility index (Phi) is 24.2. The van der Waals surface area contributed by atoms with E-state index < -0.39 is 0 Å². The van der Waals surface area contributed by atoms with Crippen molar-refractivity contribution in [2.75, 3.05) is 0 Å². The summed E-state index contributed by atoms with van der Waals surface area (Å²) in [4.78, 5) is 30.5. The van der Waals surface area contributed by atoms with Crippen LogP contribution in [0.4, 0.5) is 0 Å². The van der Waals surface area contributed by atoms with Crippen LogP contribution < -0.4 is 0 Å². The molecule has 414 valence electrons. The highest BCUT2D eigenvalue weighted by Gasteiger charge is 2.09. The van der Waals surface area contributed by atoms with Crippen LogP contribution in [0.2, 0.25) is 0 Å². The average molecular weight is 1050 g/mol. The van der Waals surface area contributed by atoms with Crippen molar-refractivity contribution in [1.82, 2.24) is 45.1 Å². The van der Waals surface area contributed by atoms with Crippen LogP contribution in [0.3, 0.4) is 0 Å². The summed E-state index contributed by atoms with van der Waals surface area (Å²) in [5, 5.41) is 10.5. The van der Waals surface area contributed by atoms with Gasteiger partial charge in [0.25, 0.3) is 0 Å². The number of pyridine rings is 5. The smallest absolute Gasteiger partial charge is 0.0736 e. The number of rotatable bonds is 0. The van der Waals surface area contributed by atoms with Crippen LogP contribution >= 0.6 is 0 Å². The third-order valence-corrected chi connectivity index (χ3v) is 16.2. The van der Waals surface area contributed by atoms with Crippen LogP contribution in [0.25, 0.3) is 21.8 Å². The van der Waals surface area contributed by atoms with Gasteiger partial charge in [0.15, 0.2) is 0 Å². The van der Waals surface area contributed by atoms with Gasteiger partial charge in [0, 0.05) is 57.8 Å². The summed E-state index contributed by atoms with van der Waals surface area (Å²) >= 11 is 0. The van der Waals surface area contributed by atoms with Gasteiger partial charge in [-0.15, -0.1) is 0 Å². The second-order valence-corrected chi connectivity index (χ2v) is 21.4. The highest BCUT2D eigenvalue weighted by molar-refractivity contribution is 5.87. The van der Waals surface area contributed by atoms with E-state index in [1.165, 1.54) is 105 Å². The molecule has 0 spiro atoms. The molecule has 0 atom stereocenters. The van der Waals surface area contributed by atoms with E-state index in [0.717, 1.165) is 73.7 Å². The molecule has 0 bridgehead atoms. The molecule has 0 amide bonds. The van der Waals surface area contributed by atoms with Gasteiger partial charge in [0.2, 0.25) is 0 Å². The lowest BCUT2D eigenvalue weighted by atomic mass is 9.95. The lowest BCUT2D eigenvalue weighted by Gasteiger charge is -2.12. The number of aromatic nitrogens is 9. The number of hydrogen-bond donors (Lipinski definition) is 0. The number of aryl methyl sites for hydroxylation is 20. The van der Waals surface area contributed by atoms with E-state index in [-0.39, 0.29) is 0 Å². The van der Waals surface area contributed by atoms with Gasteiger partial charge in [0.05, 0.1) is 45.2 Å². The van der Waals surface area contributed by atoms with Gasteiger partial charge in [-0.2, -0.15) is 10.2 Å². The Balaban J connectivity index is 0.000000241. The molecule has 0 fully saturated rings. The number of fused-ring (bicyclic) bond motifs is 2. The van der Waals surface area contributed by atoms with E-state index in [1.807, 2.05) is 93.9 Å². The van der Waals surface area contributed by atoms with Gasteiger partial charge < -0.3 is 0 Å². The molecule has 0 aliphatic carbocycles. The predicted molar refractivity (Wildman–Crippen MR) is 333 cm³/mol. The van der Waals surface area contributed by atoms with Crippen LogP contribution in [-0.4, -0.2) is 45.1 Å². The van der Waals surface area contributed by atoms with E-state index >= 15 is 0 Å². The monoisotopic (exact) mass is 1050 g/mol. The minimum Gasteiger partial charge on any atom is -0.261 e. The van der Waals surface area contributed by atoms with Crippen LogP contribution in [0.5, 0.6) is 0 Å². The van der Waals surface area contributed by atoms with Gasteiger partial charge in [-0.25, -0.2) is 0 Å². The summed E-state index contributed by atoms with van der Waals surface area (Å²) in [5.41, 5.74) is 36.5. The summed E-state index contributed by atoms with van der Waals surface area (Å²) in [6, 6.07) is 12.8. The Hall–Kier alpha value is -7.13. The molecule has 0 radical (unpaired) electrons. The molecule has 0 unspecified atom stereocenters. The molecule has 0 aliphatic rings. The molecule has 7 heterocycles. The van der Waals surface area contributed by atoms with Crippen molar-refractivity contribution in [2.24, 2.45) is 0 Å². The summed E-state index contributed by atoms with van der Waals surface area (Å²) < 4.78 is 0. The molecular formula is C69H93N9. The average Bonchev–Trinajstić information content (AvgIpc) is 3.41. The normalized spacial score (nSPS) is 10.3. The number of benzene rings is 2. The molecule has 7 aromatic heterocycles. The van der Waals surface area contributed by atoms with Gasteiger partial charge >= 0.3 is 0 Å². The third kappa shape index (κ3) is 17.2. The maximum atomic E-state index is 4.58. The Morgan fingerprint density at radius 1 is 0.244 bits per heavy atom. The quantitative estimate of drug-likeness (QED) is 0.146. The molecule has 78 heavy (non-hydrogen) atoms. The minimum atomic E-state index is 1.03. The van der Waals surface area contributed by atoms with Crippen molar-refractivity contribution in [3.05, 3.63) is 212 Å². The third-order valence-electron chi connectivity index (χ3n) is 16.2. The number of nitrogens with zero attached hydrogens (tertiary/aromatic N) is 9. The van der Waals surface area contributed by atoms with Crippen LogP contribution in [0, 0.1) is 194 Å². The molecule has 0 saturated carbocycles. The van der Waals surface area contributed by atoms with E-state index in [2.05, 4.69) is 200 Å². The summed E-state index contributed by atoms with van der Waals surface area (Å²) in [5.74, 6) is 0. The Morgan fingerprint density at radius 3 is 1.05 bits per heavy atom. The van der Waals surface area contributed by atoms with Crippen LogP contribution in [-0.2, 0) is 0 Å². The van der Waals surface area contributed by atoms with Crippen molar-refractivity contribution in [1.29, 1.82) is 0 Å². The largest absolute Gasteiger partial charge is 0.261 e. The van der Waals surface area contributed by atoms with E-state index in [0.29, 0.717) is 0 Å². The van der Waals surface area contributed by atoms with Crippen molar-refractivity contribution in [3.8, 4) is 0 Å². The van der Waals surface area contributed by atoms with Crippen molar-refractivity contribution in [2.45, 2.75) is 194 Å². The van der Waals surface area contributed by atoms with Gasteiger partial charge in [-0.05, 0) is 307 Å². The standard InChI is InChI=1S/2C13H15N.3C9H13N.2C8H12N2/c1-8-5-6-13-12(10(8)3)7-9(2)11(4)14-13;1-8-9(2)11(4)13-12(10(8)3)6-5-7-14-13;2*1-6-5-10-9(4)8(3)7(6)2;1-6-5-7(2)9(4)10-8(6)3;1-5-6(2)10-8(4)7(3)9-5;1-5-6(2)8(4)10-9-7(5)3/h2*5-7H,1-4H3;3*5H,1-4H3;2*1-4H3. The second kappa shape index (κ2) is 29.0. The molecular weight excluding hydrogens is 955 g/mol. The lowest BCUT2D eigenvalue weighted by Crippen LogP contribution is -1.97. The van der Waals surface area contributed by atoms with Gasteiger partial charge in [0.1, 0.15) is 0 Å². The molecule has 9 aromatic rings. The Bertz CT molecular complexity index is 3130. The topological polar surface area (TPSA) is 116 Å². The predicted octanol–water partition coefficient (Wildman–Crippen LogP) is 17.3. The molecule has 9 heteroatoms. The molecule has 9 nitrogen and oxygen atoms in total. The summed E-state index contributed by atoms with van der Waals surface area (Å²) in [7, 11) is 0. The maximum Gasteiger partial charge on any atom is 0.0736 e. The Morgan fingerprint density at radius 2 is 0.628 bits per heavy atom. The van der Waals surface area contributed by atoms with E-state index in [9.17, 15) is 0 Å². The summed E-state index contributed by atoms with van der Waals surface area (Å²) in [6.07, 6.45) is 5.72. The lowest BCUT2D eigenvalue weighted by molar-refractivity contribution is 0.905. The first kappa shape index (κ1) is 65.2. The second-order valence-electron chi connectivity index (χ2n) is 21.4. The fourth-order valence-electron chi connectivity index (χ4n) is 8.18. The van der Waals surface area contributed by atoms with Crippen molar-refractivity contribution in [3.63, 3.8) is 0 Å². The number of hydrogen-bond acceptors (Lipinski definition) is 9. The molecule has 9 rings (SSSR count). The van der Waals surface area contributed by atoms with Crippen molar-refractivity contribution >= 4 is 21.8 Å². The van der Waals surface area contributed by atoms with Crippen LogP contribution in [0.1, 0.15) is 157 Å². The zero-order chi connectivity index (χ0) is 59.2. The fourth-order valence-corrected chi connectivity index (χ4v) is 8.18. The minimum absolute atomic E-state index is 1.03. The first-order valence-corrected chi connectivity index (χ1v) is 27.2. The van der Waals surface area contributed by atoms with Gasteiger partial charge in [-0.1, -0.05) is 18.2 Å². The molecule has 2 aromatic carbocycles. The van der Waals surface area contributed by atoms with E-state index in [4.69, 9.17) is 0 Å². The highest BCUT2D eigenvalue weighted by Crippen LogP contribution is 2.27. The first-order chi connectivity index (χ1) is 36.3. The molecule has 0 N–H and O–H groups in total. The zero-order valence-electron chi connectivity index (χ0n) is 53.2. The molecule has 0 aliphatic heterocycles. The van der Waals surface area contributed by atoms with E-state index in [1.54, 1.807) is 0 Å². The van der Waals surface area contributed by atoms with Crippen molar-refractivity contribution < 1.29 is 0 Å². The zero-order valence-corrected chi connectivity index (χ0v) is 53.2. The molecule has 0 saturated heterocycles. The SMILES string of the molecule is Cc1c(C)c(C)c2ncccc2c1C.Cc1cc(C)c(C)nc1C.Cc1cc2c(C)c(C)ccc2nc1C.Cc1cnc(C)c(C)c1C.Cc1cnc(C)c(C)c1C.Cc1nc(C)c(C)nc1C.Cc1nnc(C)c(C)c1C. The fraction of sp³-hybridized carbons (Fsp3) is 0.406. The Labute approximate surface area is 470 Å². The maximum absolute atomic E-state index is 4.58. The highest BCUT2D eigenvalue weighted by atomic mass is 15.1.